The standard InChI is InChI=1S/C17H26N2O.ClH/c1-12-7-6-10-16(13(12)2)19-17(20)15(18)11-14-8-4-3-5-9-14;/h3-5,8-9,12-13,15-16H,6-7,10-11,18H2,1-2H3,(H,19,20);1H/t12?,13?,15-,16?;/m0./s1. The molecule has 3 N–H and O–H groups in total. The van der Waals surface area contributed by atoms with Crippen molar-refractivity contribution in [1.29, 1.82) is 0 Å². The fourth-order valence-electron chi connectivity index (χ4n) is 3.04. The summed E-state index contributed by atoms with van der Waals surface area (Å²) in [6.45, 7) is 4.50. The zero-order valence-corrected chi connectivity index (χ0v) is 13.7. The van der Waals surface area contributed by atoms with E-state index in [4.69, 9.17) is 5.73 Å². The van der Waals surface area contributed by atoms with Crippen molar-refractivity contribution in [3.8, 4) is 0 Å². The number of benzene rings is 1. The van der Waals surface area contributed by atoms with Crippen LogP contribution >= 0.6 is 12.4 Å². The van der Waals surface area contributed by atoms with Crippen molar-refractivity contribution in [3.05, 3.63) is 35.9 Å². The van der Waals surface area contributed by atoms with E-state index in [2.05, 4.69) is 19.2 Å². The SMILES string of the molecule is CC1CCCC(NC(=O)[C@@H](N)Cc2ccccc2)C1C.Cl. The molecule has 1 amide bonds. The highest BCUT2D eigenvalue weighted by Gasteiger charge is 2.29. The molecule has 0 saturated heterocycles. The predicted molar refractivity (Wildman–Crippen MR) is 89.5 cm³/mol. The Morgan fingerprint density at radius 3 is 2.62 bits per heavy atom. The lowest BCUT2D eigenvalue weighted by molar-refractivity contribution is -0.123. The minimum atomic E-state index is -0.457. The van der Waals surface area contributed by atoms with Crippen LogP contribution in [0.3, 0.4) is 0 Å². The minimum Gasteiger partial charge on any atom is -0.352 e. The van der Waals surface area contributed by atoms with Crippen LogP contribution in [0, 0.1) is 11.8 Å². The van der Waals surface area contributed by atoms with Crippen LogP contribution in [-0.4, -0.2) is 18.0 Å². The number of nitrogens with two attached hydrogens (primary N) is 1. The molecule has 3 unspecified atom stereocenters. The Kier molecular flexibility index (Phi) is 7.20. The number of carbonyl (C=O) groups excluding carboxylic acids is 1. The minimum absolute atomic E-state index is 0. The molecule has 0 bridgehead atoms. The summed E-state index contributed by atoms with van der Waals surface area (Å²) in [6, 6.07) is 9.78. The summed E-state index contributed by atoms with van der Waals surface area (Å²) >= 11 is 0. The summed E-state index contributed by atoms with van der Waals surface area (Å²) in [7, 11) is 0. The Labute approximate surface area is 134 Å². The summed E-state index contributed by atoms with van der Waals surface area (Å²) in [5.74, 6) is 1.20. The van der Waals surface area contributed by atoms with Crippen molar-refractivity contribution in [1.82, 2.24) is 5.32 Å². The first-order valence-electron chi connectivity index (χ1n) is 7.68. The van der Waals surface area contributed by atoms with E-state index in [0.29, 0.717) is 18.3 Å². The van der Waals surface area contributed by atoms with Gasteiger partial charge in [0.05, 0.1) is 6.04 Å². The van der Waals surface area contributed by atoms with Crippen molar-refractivity contribution in [3.63, 3.8) is 0 Å². The van der Waals surface area contributed by atoms with Crippen LogP contribution in [0.2, 0.25) is 0 Å². The van der Waals surface area contributed by atoms with Gasteiger partial charge in [0.1, 0.15) is 0 Å². The lowest BCUT2D eigenvalue weighted by Crippen LogP contribution is -2.50. The second kappa shape index (κ2) is 8.40. The van der Waals surface area contributed by atoms with Crippen molar-refractivity contribution in [2.45, 2.75) is 51.6 Å². The molecule has 0 radical (unpaired) electrons. The molecule has 3 nitrogen and oxygen atoms in total. The highest BCUT2D eigenvalue weighted by molar-refractivity contribution is 5.85. The normalized spacial score (nSPS) is 26.5. The van der Waals surface area contributed by atoms with E-state index in [0.717, 1.165) is 12.0 Å². The molecular formula is C17H27ClN2O. The second-order valence-corrected chi connectivity index (χ2v) is 6.18. The second-order valence-electron chi connectivity index (χ2n) is 6.18. The van der Waals surface area contributed by atoms with Gasteiger partial charge in [-0.25, -0.2) is 0 Å². The quantitative estimate of drug-likeness (QED) is 0.898. The number of carbonyl (C=O) groups is 1. The van der Waals surface area contributed by atoms with E-state index in [9.17, 15) is 4.79 Å². The van der Waals surface area contributed by atoms with Gasteiger partial charge in [0.25, 0.3) is 0 Å². The molecule has 0 aliphatic heterocycles. The van der Waals surface area contributed by atoms with Crippen molar-refractivity contribution >= 4 is 18.3 Å². The number of nitrogens with one attached hydrogen (secondary N) is 1. The molecule has 1 saturated carbocycles. The molecule has 0 aromatic heterocycles. The third-order valence-electron chi connectivity index (χ3n) is 4.67. The third kappa shape index (κ3) is 5.01. The predicted octanol–water partition coefficient (Wildman–Crippen LogP) is 2.92. The van der Waals surface area contributed by atoms with Crippen LogP contribution in [0.4, 0.5) is 0 Å². The topological polar surface area (TPSA) is 55.1 Å². The average Bonchev–Trinajstić information content (AvgIpc) is 2.45. The fraction of sp³-hybridized carbons (Fsp3) is 0.588. The molecule has 1 aliphatic rings. The van der Waals surface area contributed by atoms with E-state index in [1.807, 2.05) is 30.3 Å². The van der Waals surface area contributed by atoms with E-state index in [1.165, 1.54) is 12.8 Å². The highest BCUT2D eigenvalue weighted by Crippen LogP contribution is 2.29. The number of rotatable bonds is 4. The molecule has 0 heterocycles. The van der Waals surface area contributed by atoms with Gasteiger partial charge in [0, 0.05) is 6.04 Å². The first kappa shape index (κ1) is 18.0. The molecule has 4 heteroatoms. The zero-order valence-electron chi connectivity index (χ0n) is 12.9. The molecule has 0 spiro atoms. The highest BCUT2D eigenvalue weighted by atomic mass is 35.5. The smallest absolute Gasteiger partial charge is 0.237 e. The van der Waals surface area contributed by atoms with Crippen LogP contribution in [0.5, 0.6) is 0 Å². The van der Waals surface area contributed by atoms with Crippen molar-refractivity contribution in [2.75, 3.05) is 0 Å². The molecule has 1 fully saturated rings. The Bertz CT molecular complexity index is 438. The van der Waals surface area contributed by atoms with E-state index in [-0.39, 0.29) is 24.4 Å². The van der Waals surface area contributed by atoms with Crippen molar-refractivity contribution < 1.29 is 4.79 Å². The van der Waals surface area contributed by atoms with Gasteiger partial charge in [0.2, 0.25) is 5.91 Å². The molecule has 118 valence electrons. The van der Waals surface area contributed by atoms with Gasteiger partial charge < -0.3 is 11.1 Å². The fourth-order valence-corrected chi connectivity index (χ4v) is 3.04. The van der Waals surface area contributed by atoms with Gasteiger partial charge in [-0.1, -0.05) is 57.0 Å². The summed E-state index contributed by atoms with van der Waals surface area (Å²) in [5, 5.41) is 3.16. The Balaban J connectivity index is 0.00000220. The lowest BCUT2D eigenvalue weighted by Gasteiger charge is -2.35. The van der Waals surface area contributed by atoms with Gasteiger partial charge in [-0.2, -0.15) is 0 Å². The maximum Gasteiger partial charge on any atom is 0.237 e. The summed E-state index contributed by atoms with van der Waals surface area (Å²) in [5.41, 5.74) is 7.15. The number of hydrogen-bond acceptors (Lipinski definition) is 2. The first-order chi connectivity index (χ1) is 9.58. The molecule has 2 rings (SSSR count). The maximum atomic E-state index is 12.2. The molecule has 1 aromatic rings. The third-order valence-corrected chi connectivity index (χ3v) is 4.67. The molecule has 4 atom stereocenters. The van der Waals surface area contributed by atoms with E-state index < -0.39 is 6.04 Å². The monoisotopic (exact) mass is 310 g/mol. The van der Waals surface area contributed by atoms with Crippen LogP contribution < -0.4 is 11.1 Å². The van der Waals surface area contributed by atoms with Crippen LogP contribution in [-0.2, 0) is 11.2 Å². The average molecular weight is 311 g/mol. The number of amides is 1. The van der Waals surface area contributed by atoms with Gasteiger partial charge in [-0.05, 0) is 30.2 Å². The summed E-state index contributed by atoms with van der Waals surface area (Å²) in [4.78, 5) is 12.2. The van der Waals surface area contributed by atoms with Crippen LogP contribution in [0.25, 0.3) is 0 Å². The lowest BCUT2D eigenvalue weighted by atomic mass is 9.78. The van der Waals surface area contributed by atoms with Crippen molar-refractivity contribution in [2.24, 2.45) is 17.6 Å². The largest absolute Gasteiger partial charge is 0.352 e. The first-order valence-corrected chi connectivity index (χ1v) is 7.68. The Hall–Kier alpha value is -1.06. The zero-order chi connectivity index (χ0) is 14.5. The summed E-state index contributed by atoms with van der Waals surface area (Å²) in [6.07, 6.45) is 4.15. The van der Waals surface area contributed by atoms with Gasteiger partial charge in [-0.3, -0.25) is 4.79 Å². The van der Waals surface area contributed by atoms with E-state index in [1.54, 1.807) is 0 Å². The Morgan fingerprint density at radius 2 is 1.95 bits per heavy atom. The van der Waals surface area contributed by atoms with Crippen LogP contribution in [0.15, 0.2) is 30.3 Å². The molecule has 1 aliphatic carbocycles. The Morgan fingerprint density at radius 1 is 1.29 bits per heavy atom. The summed E-state index contributed by atoms with van der Waals surface area (Å²) < 4.78 is 0. The molecule has 1 aromatic carbocycles. The number of hydrogen-bond donors (Lipinski definition) is 2. The maximum absolute atomic E-state index is 12.2. The van der Waals surface area contributed by atoms with E-state index >= 15 is 0 Å². The van der Waals surface area contributed by atoms with Crippen LogP contribution in [0.1, 0.15) is 38.7 Å². The van der Waals surface area contributed by atoms with Gasteiger partial charge in [-0.15, -0.1) is 12.4 Å². The van der Waals surface area contributed by atoms with Gasteiger partial charge in [0.15, 0.2) is 0 Å². The molecular weight excluding hydrogens is 284 g/mol. The molecule has 21 heavy (non-hydrogen) atoms. The van der Waals surface area contributed by atoms with Gasteiger partial charge >= 0.3 is 0 Å². The number of halogens is 1.